The summed E-state index contributed by atoms with van der Waals surface area (Å²) in [6, 6.07) is 10.3. The quantitative estimate of drug-likeness (QED) is 0.432. The highest BCUT2D eigenvalue weighted by Crippen LogP contribution is 2.23. The molecule has 0 atom stereocenters. The maximum atomic E-state index is 6.06. The second-order valence-electron chi connectivity index (χ2n) is 5.10. The Bertz CT molecular complexity index is 624. The molecule has 0 spiro atoms. The van der Waals surface area contributed by atoms with Crippen LogP contribution in [0.5, 0.6) is 0 Å². The first-order valence-electron chi connectivity index (χ1n) is 7.45. The molecule has 0 radical (unpaired) electrons. The van der Waals surface area contributed by atoms with Crippen molar-refractivity contribution >= 4 is 53.0 Å². The fraction of sp³-hybridized carbons (Fsp3) is 0.375. The lowest BCUT2D eigenvalue weighted by molar-refractivity contribution is 0.456. The maximum absolute atomic E-state index is 6.06. The predicted molar refractivity (Wildman–Crippen MR) is 112 cm³/mol. The van der Waals surface area contributed by atoms with Gasteiger partial charge in [0, 0.05) is 48.5 Å². The van der Waals surface area contributed by atoms with E-state index < -0.39 is 0 Å². The molecule has 0 aliphatic carbocycles. The van der Waals surface area contributed by atoms with E-state index in [1.54, 1.807) is 11.3 Å². The number of guanidine groups is 1. The highest BCUT2D eigenvalue weighted by molar-refractivity contribution is 14.0. The molecule has 2 heterocycles. The van der Waals surface area contributed by atoms with Gasteiger partial charge in [0.15, 0.2) is 5.96 Å². The number of rotatable bonds is 4. The van der Waals surface area contributed by atoms with Crippen LogP contribution in [-0.4, -0.2) is 47.0 Å². The van der Waals surface area contributed by atoms with Gasteiger partial charge in [0.25, 0.3) is 0 Å². The molecule has 1 fully saturated rings. The number of nitrogens with zero attached hydrogens (tertiary/aromatic N) is 3. The Morgan fingerprint density at radius 1 is 1.22 bits per heavy atom. The highest BCUT2D eigenvalue weighted by Gasteiger charge is 2.12. The second kappa shape index (κ2) is 9.48. The van der Waals surface area contributed by atoms with Gasteiger partial charge >= 0.3 is 0 Å². The Kier molecular flexibility index (Phi) is 7.64. The molecule has 1 aromatic carbocycles. The molecule has 2 N–H and O–H groups in total. The van der Waals surface area contributed by atoms with Gasteiger partial charge in [-0.25, -0.2) is 4.98 Å². The molecule has 0 amide bonds. The van der Waals surface area contributed by atoms with Crippen molar-refractivity contribution in [1.82, 2.24) is 9.88 Å². The lowest BCUT2D eigenvalue weighted by atomic mass is 10.2. The molecule has 0 bridgehead atoms. The van der Waals surface area contributed by atoms with Crippen molar-refractivity contribution in [3.8, 4) is 10.6 Å². The van der Waals surface area contributed by atoms with Crippen LogP contribution in [0.4, 0.5) is 0 Å². The summed E-state index contributed by atoms with van der Waals surface area (Å²) in [5.74, 6) is 2.96. The van der Waals surface area contributed by atoms with E-state index in [4.69, 9.17) is 5.73 Å². The summed E-state index contributed by atoms with van der Waals surface area (Å²) in [6.07, 6.45) is 0.840. The highest BCUT2D eigenvalue weighted by atomic mass is 127. The van der Waals surface area contributed by atoms with Crippen LogP contribution in [0.3, 0.4) is 0 Å². The molecule has 4 nitrogen and oxygen atoms in total. The van der Waals surface area contributed by atoms with Gasteiger partial charge < -0.3 is 10.6 Å². The van der Waals surface area contributed by atoms with E-state index in [-0.39, 0.29) is 24.0 Å². The summed E-state index contributed by atoms with van der Waals surface area (Å²) in [5.41, 5.74) is 8.32. The summed E-state index contributed by atoms with van der Waals surface area (Å²) in [7, 11) is 0. The van der Waals surface area contributed by atoms with Gasteiger partial charge in [0.05, 0.1) is 5.69 Å². The van der Waals surface area contributed by atoms with Crippen LogP contribution in [0.1, 0.15) is 5.69 Å². The number of hydrogen-bond acceptors (Lipinski definition) is 4. The Balaban J connectivity index is 0.00000192. The average Bonchev–Trinajstić information content (AvgIpc) is 3.05. The van der Waals surface area contributed by atoms with Gasteiger partial charge in [0.1, 0.15) is 5.01 Å². The van der Waals surface area contributed by atoms with E-state index >= 15 is 0 Å². The summed E-state index contributed by atoms with van der Waals surface area (Å²) >= 11 is 3.66. The Hall–Kier alpha value is -0.800. The van der Waals surface area contributed by atoms with Crippen LogP contribution in [0.25, 0.3) is 10.6 Å². The van der Waals surface area contributed by atoms with E-state index in [9.17, 15) is 0 Å². The third-order valence-corrected chi connectivity index (χ3v) is 5.43. The second-order valence-corrected chi connectivity index (χ2v) is 7.18. The van der Waals surface area contributed by atoms with Crippen LogP contribution in [0.15, 0.2) is 40.7 Å². The minimum atomic E-state index is 0. The molecule has 23 heavy (non-hydrogen) atoms. The topological polar surface area (TPSA) is 54.5 Å². The lowest BCUT2D eigenvalue weighted by Crippen LogP contribution is -2.42. The summed E-state index contributed by atoms with van der Waals surface area (Å²) in [4.78, 5) is 11.4. The molecule has 1 saturated heterocycles. The number of halogens is 1. The van der Waals surface area contributed by atoms with Gasteiger partial charge in [-0.1, -0.05) is 30.3 Å². The van der Waals surface area contributed by atoms with Crippen molar-refractivity contribution in [3.05, 3.63) is 41.4 Å². The van der Waals surface area contributed by atoms with Crippen molar-refractivity contribution in [2.75, 3.05) is 31.1 Å². The van der Waals surface area contributed by atoms with Crippen LogP contribution in [0, 0.1) is 0 Å². The SMILES string of the molecule is I.NC(=NCCc1csc(-c2ccccc2)n1)N1CCSCC1. The van der Waals surface area contributed by atoms with E-state index in [1.807, 2.05) is 30.0 Å². The zero-order valence-corrected chi connectivity index (χ0v) is 16.8. The summed E-state index contributed by atoms with van der Waals surface area (Å²) in [5, 5.41) is 3.19. The average molecular weight is 460 g/mol. The summed E-state index contributed by atoms with van der Waals surface area (Å²) in [6.45, 7) is 2.72. The van der Waals surface area contributed by atoms with E-state index in [0.717, 1.165) is 41.7 Å². The van der Waals surface area contributed by atoms with Gasteiger partial charge in [-0.3, -0.25) is 4.99 Å². The van der Waals surface area contributed by atoms with Gasteiger partial charge in [-0.15, -0.1) is 35.3 Å². The number of thiazole rings is 1. The third-order valence-electron chi connectivity index (χ3n) is 3.55. The third kappa shape index (κ3) is 5.36. The standard InChI is InChI=1S/C16H20N4S2.HI/c17-16(20-8-10-21-11-9-20)18-7-6-14-12-22-15(19-14)13-4-2-1-3-5-13;/h1-5,12H,6-11H2,(H2,17,18);1H. The number of aromatic nitrogens is 1. The molecule has 1 aromatic heterocycles. The first-order chi connectivity index (χ1) is 10.8. The molecule has 0 saturated carbocycles. The molecule has 0 unspecified atom stereocenters. The zero-order chi connectivity index (χ0) is 15.2. The molecule has 1 aliphatic rings. The lowest BCUT2D eigenvalue weighted by Gasteiger charge is -2.27. The van der Waals surface area contributed by atoms with Crippen molar-refractivity contribution < 1.29 is 0 Å². The molecule has 2 aromatic rings. The predicted octanol–water partition coefficient (Wildman–Crippen LogP) is 3.33. The van der Waals surface area contributed by atoms with Crippen LogP contribution in [-0.2, 0) is 6.42 Å². The van der Waals surface area contributed by atoms with E-state index in [2.05, 4.69) is 32.4 Å². The number of benzene rings is 1. The maximum Gasteiger partial charge on any atom is 0.191 e. The molecular formula is C16H21IN4S2. The number of thioether (sulfide) groups is 1. The van der Waals surface area contributed by atoms with Crippen LogP contribution >= 0.6 is 47.1 Å². The van der Waals surface area contributed by atoms with Gasteiger partial charge in [-0.2, -0.15) is 11.8 Å². The van der Waals surface area contributed by atoms with Crippen molar-refractivity contribution in [2.24, 2.45) is 10.7 Å². The van der Waals surface area contributed by atoms with Crippen LogP contribution < -0.4 is 5.73 Å². The molecule has 7 heteroatoms. The normalized spacial score (nSPS) is 15.3. The van der Waals surface area contributed by atoms with Crippen molar-refractivity contribution in [1.29, 1.82) is 0 Å². The number of nitrogens with two attached hydrogens (primary N) is 1. The Morgan fingerprint density at radius 2 is 1.96 bits per heavy atom. The van der Waals surface area contributed by atoms with Gasteiger partial charge in [0.2, 0.25) is 0 Å². The Labute approximate surface area is 162 Å². The smallest absolute Gasteiger partial charge is 0.191 e. The van der Waals surface area contributed by atoms with Crippen molar-refractivity contribution in [2.45, 2.75) is 6.42 Å². The molecule has 3 rings (SSSR count). The Morgan fingerprint density at radius 3 is 2.70 bits per heavy atom. The fourth-order valence-corrected chi connectivity index (χ4v) is 4.08. The number of hydrogen-bond donors (Lipinski definition) is 1. The fourth-order valence-electron chi connectivity index (χ4n) is 2.31. The first kappa shape index (κ1) is 18.5. The van der Waals surface area contributed by atoms with E-state index in [1.165, 1.54) is 5.56 Å². The molecular weight excluding hydrogens is 439 g/mol. The van der Waals surface area contributed by atoms with Crippen LogP contribution in [0.2, 0.25) is 0 Å². The number of aliphatic imine (C=N–C) groups is 1. The minimum Gasteiger partial charge on any atom is -0.370 e. The van der Waals surface area contributed by atoms with Gasteiger partial charge in [-0.05, 0) is 0 Å². The first-order valence-corrected chi connectivity index (χ1v) is 9.49. The largest absolute Gasteiger partial charge is 0.370 e. The van der Waals surface area contributed by atoms with Crippen molar-refractivity contribution in [3.63, 3.8) is 0 Å². The minimum absolute atomic E-state index is 0. The summed E-state index contributed by atoms with van der Waals surface area (Å²) < 4.78 is 0. The van der Waals surface area contributed by atoms with E-state index in [0.29, 0.717) is 12.5 Å². The molecule has 124 valence electrons. The molecule has 1 aliphatic heterocycles. The monoisotopic (exact) mass is 460 g/mol. The zero-order valence-electron chi connectivity index (χ0n) is 12.9.